The van der Waals surface area contributed by atoms with Gasteiger partial charge in [-0.05, 0) is 101 Å². The highest BCUT2D eigenvalue weighted by Gasteiger charge is 2.16. The molecule has 3 rings (SSSR count). The minimum Gasteiger partial charge on any atom is -0.489 e. The number of allylic oxidation sites excluding steroid dienone is 1. The second-order valence-electron chi connectivity index (χ2n) is 8.54. The first-order valence-electron chi connectivity index (χ1n) is 10.9. The molecule has 0 N–H and O–H groups in total. The Balaban J connectivity index is 1.69. The van der Waals surface area contributed by atoms with Gasteiger partial charge in [0.1, 0.15) is 11.5 Å². The maximum Gasteiger partial charge on any atom is 0.141 e. The summed E-state index contributed by atoms with van der Waals surface area (Å²) in [6, 6.07) is 8.04. The number of benzene rings is 2. The third-order valence-corrected chi connectivity index (χ3v) is 6.31. The van der Waals surface area contributed by atoms with Crippen LogP contribution in [0.1, 0.15) is 68.7 Å². The van der Waals surface area contributed by atoms with Gasteiger partial charge in [0, 0.05) is 0 Å². The summed E-state index contributed by atoms with van der Waals surface area (Å²) in [5.41, 5.74) is 6.17. The molecule has 1 aliphatic carbocycles. The van der Waals surface area contributed by atoms with Crippen molar-refractivity contribution in [1.82, 2.24) is 0 Å². The number of hydrogen-bond acceptors (Lipinski definition) is 2. The van der Waals surface area contributed by atoms with E-state index in [1.165, 1.54) is 36.0 Å². The lowest BCUT2D eigenvalue weighted by Crippen LogP contribution is -2.15. The molecule has 0 bridgehead atoms. The van der Waals surface area contributed by atoms with Gasteiger partial charge in [-0.25, -0.2) is 0 Å². The van der Waals surface area contributed by atoms with E-state index in [2.05, 4.69) is 39.0 Å². The van der Waals surface area contributed by atoms with E-state index in [1.54, 1.807) is 0 Å². The van der Waals surface area contributed by atoms with Crippen molar-refractivity contribution in [3.8, 4) is 11.5 Å². The maximum absolute atomic E-state index is 6.48. The van der Waals surface area contributed by atoms with Crippen LogP contribution >= 0.6 is 23.2 Å². The molecule has 2 nitrogen and oxygen atoms in total. The second kappa shape index (κ2) is 10.1. The summed E-state index contributed by atoms with van der Waals surface area (Å²) in [5, 5.41) is 1.33. The molecule has 0 spiro atoms. The van der Waals surface area contributed by atoms with Crippen molar-refractivity contribution in [3.63, 3.8) is 0 Å². The van der Waals surface area contributed by atoms with Crippen molar-refractivity contribution >= 4 is 29.3 Å². The Kier molecular flexibility index (Phi) is 7.76. The largest absolute Gasteiger partial charge is 0.489 e. The highest BCUT2D eigenvalue weighted by atomic mass is 35.5. The first-order chi connectivity index (χ1) is 14.3. The molecule has 0 heterocycles. The Morgan fingerprint density at radius 3 is 2.13 bits per heavy atom. The van der Waals surface area contributed by atoms with Gasteiger partial charge in [-0.3, -0.25) is 0 Å². The first kappa shape index (κ1) is 23.0. The molecule has 0 saturated heterocycles. The monoisotopic (exact) mass is 446 g/mol. The Hall–Kier alpha value is -1.64. The van der Waals surface area contributed by atoms with Crippen molar-refractivity contribution in [2.75, 3.05) is 0 Å². The molecule has 1 atom stereocenters. The van der Waals surface area contributed by atoms with Crippen LogP contribution in [0, 0.1) is 13.8 Å². The average molecular weight is 447 g/mol. The summed E-state index contributed by atoms with van der Waals surface area (Å²) in [4.78, 5) is 0. The van der Waals surface area contributed by atoms with E-state index in [0.29, 0.717) is 10.0 Å². The SMILES string of the molecule is Cc1c(C=C2CCC2)ccc(Cl)c1OC(C)CCc1ccc(Cl)c(OC(C)C)c1C. The van der Waals surface area contributed by atoms with Crippen LogP contribution in [0.15, 0.2) is 29.8 Å². The summed E-state index contributed by atoms with van der Waals surface area (Å²) >= 11 is 12.8. The van der Waals surface area contributed by atoms with Crippen LogP contribution in [0.3, 0.4) is 0 Å². The Morgan fingerprint density at radius 2 is 1.53 bits per heavy atom. The fraction of sp³-hybridized carbons (Fsp3) is 0.462. The molecule has 0 aromatic heterocycles. The summed E-state index contributed by atoms with van der Waals surface area (Å²) in [6.07, 6.45) is 7.90. The normalized spacial score (nSPS) is 14.5. The van der Waals surface area contributed by atoms with Gasteiger partial charge >= 0.3 is 0 Å². The molecule has 4 heteroatoms. The smallest absolute Gasteiger partial charge is 0.141 e. The number of ether oxygens (including phenoxy) is 2. The lowest BCUT2D eigenvalue weighted by Gasteiger charge is -2.21. The van der Waals surface area contributed by atoms with Crippen molar-refractivity contribution in [1.29, 1.82) is 0 Å². The summed E-state index contributed by atoms with van der Waals surface area (Å²) in [7, 11) is 0. The molecule has 1 fully saturated rings. The van der Waals surface area contributed by atoms with Crippen LogP contribution in [0.4, 0.5) is 0 Å². The topological polar surface area (TPSA) is 18.5 Å². The van der Waals surface area contributed by atoms with Gasteiger partial charge in [-0.2, -0.15) is 0 Å². The lowest BCUT2D eigenvalue weighted by atomic mass is 9.90. The van der Waals surface area contributed by atoms with E-state index < -0.39 is 0 Å². The standard InChI is InChI=1S/C26H32Cl2O2/c1-16(2)29-25-18(4)21(11-13-23(25)27)10-9-17(3)30-26-19(5)22(12-14-24(26)28)15-20-7-6-8-20/h11-17H,6-10H2,1-5H3. The predicted octanol–water partition coefficient (Wildman–Crippen LogP) is 8.36. The molecule has 162 valence electrons. The van der Waals surface area contributed by atoms with E-state index in [-0.39, 0.29) is 12.2 Å². The summed E-state index contributed by atoms with van der Waals surface area (Å²) < 4.78 is 12.2. The Labute approximate surface area is 191 Å². The van der Waals surface area contributed by atoms with E-state index in [0.717, 1.165) is 35.5 Å². The molecule has 1 saturated carbocycles. The number of hydrogen-bond donors (Lipinski definition) is 0. The maximum atomic E-state index is 6.48. The molecule has 30 heavy (non-hydrogen) atoms. The molecule has 1 unspecified atom stereocenters. The fourth-order valence-corrected chi connectivity index (χ4v) is 4.19. The van der Waals surface area contributed by atoms with Crippen molar-refractivity contribution in [2.45, 2.75) is 78.9 Å². The van der Waals surface area contributed by atoms with Crippen LogP contribution in [0.2, 0.25) is 10.0 Å². The molecule has 2 aromatic carbocycles. The molecule has 2 aromatic rings. The third kappa shape index (κ3) is 5.53. The molecule has 1 aliphatic rings. The van der Waals surface area contributed by atoms with Crippen LogP contribution in [-0.4, -0.2) is 12.2 Å². The van der Waals surface area contributed by atoms with Crippen LogP contribution in [0.25, 0.3) is 6.08 Å². The third-order valence-electron chi connectivity index (χ3n) is 5.72. The van der Waals surface area contributed by atoms with Gasteiger partial charge < -0.3 is 9.47 Å². The Morgan fingerprint density at radius 1 is 0.900 bits per heavy atom. The molecule has 0 radical (unpaired) electrons. The zero-order chi connectivity index (χ0) is 21.8. The van der Waals surface area contributed by atoms with Crippen molar-refractivity contribution in [3.05, 3.63) is 62.1 Å². The number of halogens is 2. The van der Waals surface area contributed by atoms with Crippen molar-refractivity contribution < 1.29 is 9.47 Å². The van der Waals surface area contributed by atoms with E-state index >= 15 is 0 Å². The van der Waals surface area contributed by atoms with Gasteiger partial charge in [0.25, 0.3) is 0 Å². The average Bonchev–Trinajstić information content (AvgIpc) is 2.65. The van der Waals surface area contributed by atoms with E-state index in [9.17, 15) is 0 Å². The quantitative estimate of drug-likeness (QED) is 0.405. The van der Waals surface area contributed by atoms with Gasteiger partial charge in [-0.15, -0.1) is 0 Å². The molecular formula is C26H32Cl2O2. The minimum absolute atomic E-state index is 0.0392. The van der Waals surface area contributed by atoms with E-state index in [1.807, 2.05) is 26.0 Å². The van der Waals surface area contributed by atoms with Crippen LogP contribution < -0.4 is 9.47 Å². The van der Waals surface area contributed by atoms with Gasteiger partial charge in [0.2, 0.25) is 0 Å². The number of aryl methyl sites for hydroxylation is 1. The van der Waals surface area contributed by atoms with Crippen LogP contribution in [-0.2, 0) is 6.42 Å². The van der Waals surface area contributed by atoms with Gasteiger partial charge in [0.05, 0.1) is 22.3 Å². The summed E-state index contributed by atoms with van der Waals surface area (Å²) in [5.74, 6) is 1.59. The van der Waals surface area contributed by atoms with Gasteiger partial charge in [-0.1, -0.05) is 47.0 Å². The van der Waals surface area contributed by atoms with Crippen LogP contribution in [0.5, 0.6) is 11.5 Å². The van der Waals surface area contributed by atoms with Gasteiger partial charge in [0.15, 0.2) is 0 Å². The molecule has 0 aliphatic heterocycles. The second-order valence-corrected chi connectivity index (χ2v) is 9.36. The highest BCUT2D eigenvalue weighted by Crippen LogP contribution is 2.36. The predicted molar refractivity (Wildman–Crippen MR) is 128 cm³/mol. The summed E-state index contributed by atoms with van der Waals surface area (Å²) in [6.45, 7) is 10.3. The lowest BCUT2D eigenvalue weighted by molar-refractivity contribution is 0.209. The zero-order valence-corrected chi connectivity index (χ0v) is 20.2. The highest BCUT2D eigenvalue weighted by molar-refractivity contribution is 6.32. The Bertz CT molecular complexity index is 925. The zero-order valence-electron chi connectivity index (χ0n) is 18.6. The van der Waals surface area contributed by atoms with E-state index in [4.69, 9.17) is 32.7 Å². The molecule has 0 amide bonds. The molecular weight excluding hydrogens is 415 g/mol. The number of rotatable bonds is 8. The first-order valence-corrected chi connectivity index (χ1v) is 11.6. The fourth-order valence-electron chi connectivity index (χ4n) is 3.69. The minimum atomic E-state index is 0.0392. The van der Waals surface area contributed by atoms with Crippen molar-refractivity contribution in [2.24, 2.45) is 0 Å².